The summed E-state index contributed by atoms with van der Waals surface area (Å²) in [6.45, 7) is 9.32. The number of ether oxygens (including phenoxy) is 1. The van der Waals surface area contributed by atoms with Crippen LogP contribution in [-0.2, 0) is 9.53 Å². The number of hydrogen-bond acceptors (Lipinski definition) is 5. The topological polar surface area (TPSA) is 82.6 Å². The smallest absolute Gasteiger partial charge is 0.239 e. The number of amides is 1. The van der Waals surface area contributed by atoms with E-state index >= 15 is 0 Å². The minimum atomic E-state index is -0.464. The third-order valence-corrected chi connectivity index (χ3v) is 3.64. The molecule has 1 atom stereocenters. The summed E-state index contributed by atoms with van der Waals surface area (Å²) in [6, 6.07) is 1.64. The zero-order chi connectivity index (χ0) is 15.7. The van der Waals surface area contributed by atoms with E-state index in [2.05, 4.69) is 24.8 Å². The molecule has 0 aliphatic carbocycles. The largest absolute Gasteiger partial charge is 0.379 e. The van der Waals surface area contributed by atoms with Crippen molar-refractivity contribution in [1.29, 1.82) is 5.26 Å². The maximum absolute atomic E-state index is 12.4. The van der Waals surface area contributed by atoms with Crippen molar-refractivity contribution in [3.63, 3.8) is 0 Å². The van der Waals surface area contributed by atoms with Crippen LogP contribution in [0.3, 0.4) is 0 Å². The normalized spacial score (nSPS) is 17.5. The SMILES string of the molecule is CC(C)C[C@H](N)C(=O)N(CCC#N)CCN1CCOCC1. The van der Waals surface area contributed by atoms with E-state index in [0.717, 1.165) is 32.8 Å². The molecule has 0 saturated carbocycles. The molecule has 0 aromatic carbocycles. The fourth-order valence-electron chi connectivity index (χ4n) is 2.45. The van der Waals surface area contributed by atoms with Gasteiger partial charge in [-0.1, -0.05) is 13.8 Å². The Bertz CT molecular complexity index is 348. The van der Waals surface area contributed by atoms with Gasteiger partial charge in [0.05, 0.1) is 31.7 Å². The van der Waals surface area contributed by atoms with Gasteiger partial charge in [0.2, 0.25) is 5.91 Å². The molecule has 0 radical (unpaired) electrons. The van der Waals surface area contributed by atoms with Gasteiger partial charge < -0.3 is 15.4 Å². The summed E-state index contributed by atoms with van der Waals surface area (Å²) in [5, 5.41) is 8.75. The van der Waals surface area contributed by atoms with Crippen LogP contribution in [0.1, 0.15) is 26.7 Å². The second-order valence-corrected chi connectivity index (χ2v) is 5.92. The number of nitriles is 1. The molecular formula is C15H28N4O2. The zero-order valence-corrected chi connectivity index (χ0v) is 13.3. The van der Waals surface area contributed by atoms with Crippen molar-refractivity contribution in [3.05, 3.63) is 0 Å². The van der Waals surface area contributed by atoms with Crippen molar-refractivity contribution in [2.24, 2.45) is 11.7 Å². The Hall–Kier alpha value is -1.16. The Morgan fingerprint density at radius 3 is 2.62 bits per heavy atom. The van der Waals surface area contributed by atoms with E-state index in [1.54, 1.807) is 4.90 Å². The molecule has 1 fully saturated rings. The number of rotatable bonds is 8. The van der Waals surface area contributed by atoms with Crippen molar-refractivity contribution in [2.45, 2.75) is 32.7 Å². The predicted octanol–water partition coefficient (Wildman–Crippen LogP) is 0.434. The summed E-state index contributed by atoms with van der Waals surface area (Å²) in [4.78, 5) is 16.4. The third kappa shape index (κ3) is 6.89. The molecule has 1 saturated heterocycles. The number of carbonyl (C=O) groups excluding carboxylic acids is 1. The third-order valence-electron chi connectivity index (χ3n) is 3.64. The van der Waals surface area contributed by atoms with Crippen molar-refractivity contribution >= 4 is 5.91 Å². The van der Waals surface area contributed by atoms with Crippen LogP contribution >= 0.6 is 0 Å². The van der Waals surface area contributed by atoms with Crippen LogP contribution in [0.5, 0.6) is 0 Å². The summed E-state index contributed by atoms with van der Waals surface area (Å²) < 4.78 is 5.32. The molecule has 0 aromatic rings. The predicted molar refractivity (Wildman–Crippen MR) is 81.5 cm³/mol. The summed E-state index contributed by atoms with van der Waals surface area (Å²) in [5.74, 6) is 0.355. The minimum absolute atomic E-state index is 0.0350. The number of morpholine rings is 1. The zero-order valence-electron chi connectivity index (χ0n) is 13.3. The highest BCUT2D eigenvalue weighted by Gasteiger charge is 2.22. The van der Waals surface area contributed by atoms with E-state index in [4.69, 9.17) is 15.7 Å². The monoisotopic (exact) mass is 296 g/mol. The second kappa shape index (κ2) is 9.72. The fraction of sp³-hybridized carbons (Fsp3) is 0.867. The van der Waals surface area contributed by atoms with Crippen LogP contribution in [0, 0.1) is 17.2 Å². The minimum Gasteiger partial charge on any atom is -0.379 e. The van der Waals surface area contributed by atoms with Gasteiger partial charge in [0.1, 0.15) is 0 Å². The molecule has 1 heterocycles. The fourth-order valence-corrected chi connectivity index (χ4v) is 2.45. The first-order valence-corrected chi connectivity index (χ1v) is 7.76. The molecule has 0 unspecified atom stereocenters. The van der Waals surface area contributed by atoms with Crippen LogP contribution in [-0.4, -0.2) is 67.7 Å². The molecule has 1 aliphatic rings. The number of carbonyl (C=O) groups is 1. The number of nitrogens with zero attached hydrogens (tertiary/aromatic N) is 3. The highest BCUT2D eigenvalue weighted by atomic mass is 16.5. The van der Waals surface area contributed by atoms with E-state index in [-0.39, 0.29) is 5.91 Å². The van der Waals surface area contributed by atoms with Gasteiger partial charge in [0.15, 0.2) is 0 Å². The van der Waals surface area contributed by atoms with Crippen LogP contribution in [0.4, 0.5) is 0 Å². The van der Waals surface area contributed by atoms with Crippen LogP contribution in [0.15, 0.2) is 0 Å². The molecule has 6 heteroatoms. The maximum Gasteiger partial charge on any atom is 0.239 e. The van der Waals surface area contributed by atoms with Gasteiger partial charge in [0.25, 0.3) is 0 Å². The second-order valence-electron chi connectivity index (χ2n) is 5.92. The summed E-state index contributed by atoms with van der Waals surface area (Å²) >= 11 is 0. The molecular weight excluding hydrogens is 268 g/mol. The maximum atomic E-state index is 12.4. The van der Waals surface area contributed by atoms with Gasteiger partial charge in [-0.05, 0) is 12.3 Å². The van der Waals surface area contributed by atoms with Gasteiger partial charge in [-0.15, -0.1) is 0 Å². The lowest BCUT2D eigenvalue weighted by molar-refractivity contribution is -0.133. The Morgan fingerprint density at radius 1 is 1.38 bits per heavy atom. The highest BCUT2D eigenvalue weighted by molar-refractivity contribution is 5.81. The molecule has 0 aromatic heterocycles. The van der Waals surface area contributed by atoms with Crippen molar-refractivity contribution < 1.29 is 9.53 Å². The summed E-state index contributed by atoms with van der Waals surface area (Å²) in [7, 11) is 0. The number of hydrogen-bond donors (Lipinski definition) is 1. The molecule has 1 rings (SSSR count). The molecule has 1 aliphatic heterocycles. The first kappa shape index (κ1) is 17.9. The Balaban J connectivity index is 2.49. The van der Waals surface area contributed by atoms with E-state index < -0.39 is 6.04 Å². The van der Waals surface area contributed by atoms with Crippen LogP contribution < -0.4 is 5.73 Å². The number of nitrogens with two attached hydrogens (primary N) is 1. The average Bonchev–Trinajstić information content (AvgIpc) is 2.47. The Kier molecular flexibility index (Phi) is 8.28. The van der Waals surface area contributed by atoms with E-state index in [1.165, 1.54) is 0 Å². The Labute approximate surface area is 127 Å². The lowest BCUT2D eigenvalue weighted by atomic mass is 10.0. The lowest BCUT2D eigenvalue weighted by Crippen LogP contribution is -2.48. The van der Waals surface area contributed by atoms with Gasteiger partial charge in [-0.3, -0.25) is 9.69 Å². The lowest BCUT2D eigenvalue weighted by Gasteiger charge is -2.31. The standard InChI is InChI=1S/C15H28N4O2/c1-13(2)12-14(17)15(20)19(5-3-4-16)7-6-18-8-10-21-11-9-18/h13-14H,3,5-12,17H2,1-2H3/t14-/m0/s1. The first-order chi connectivity index (χ1) is 10.0. The average molecular weight is 296 g/mol. The molecule has 21 heavy (non-hydrogen) atoms. The van der Waals surface area contributed by atoms with Crippen LogP contribution in [0.25, 0.3) is 0 Å². The Morgan fingerprint density at radius 2 is 2.05 bits per heavy atom. The quantitative estimate of drug-likeness (QED) is 0.702. The van der Waals surface area contributed by atoms with Crippen molar-refractivity contribution in [3.8, 4) is 6.07 Å². The van der Waals surface area contributed by atoms with Crippen LogP contribution in [0.2, 0.25) is 0 Å². The molecule has 0 spiro atoms. The van der Waals surface area contributed by atoms with Crippen molar-refractivity contribution in [2.75, 3.05) is 45.9 Å². The van der Waals surface area contributed by atoms with Gasteiger partial charge in [-0.25, -0.2) is 0 Å². The molecule has 6 nitrogen and oxygen atoms in total. The first-order valence-electron chi connectivity index (χ1n) is 7.76. The van der Waals surface area contributed by atoms with Crippen molar-refractivity contribution in [1.82, 2.24) is 9.80 Å². The molecule has 120 valence electrons. The highest BCUT2D eigenvalue weighted by Crippen LogP contribution is 2.07. The van der Waals surface area contributed by atoms with E-state index in [0.29, 0.717) is 31.8 Å². The van der Waals surface area contributed by atoms with Gasteiger partial charge in [0, 0.05) is 32.7 Å². The summed E-state index contributed by atoms with van der Waals surface area (Å²) in [5.41, 5.74) is 5.99. The summed E-state index contributed by atoms with van der Waals surface area (Å²) in [6.07, 6.45) is 1.03. The van der Waals surface area contributed by atoms with Gasteiger partial charge >= 0.3 is 0 Å². The molecule has 1 amide bonds. The molecule has 2 N–H and O–H groups in total. The van der Waals surface area contributed by atoms with Gasteiger partial charge in [-0.2, -0.15) is 5.26 Å². The van der Waals surface area contributed by atoms with E-state index in [1.807, 2.05) is 0 Å². The van der Waals surface area contributed by atoms with E-state index in [9.17, 15) is 4.79 Å². The molecule has 0 bridgehead atoms.